The van der Waals surface area contributed by atoms with Crippen molar-refractivity contribution in [3.63, 3.8) is 0 Å². The summed E-state index contributed by atoms with van der Waals surface area (Å²) in [6.07, 6.45) is 0.465. The minimum atomic E-state index is -1.46. The number of hydrogen-bond acceptors (Lipinski definition) is 4. The van der Waals surface area contributed by atoms with Crippen LogP contribution in [0.15, 0.2) is 24.3 Å². The van der Waals surface area contributed by atoms with Crippen molar-refractivity contribution in [3.05, 3.63) is 35.6 Å². The van der Waals surface area contributed by atoms with Gasteiger partial charge in [-0.05, 0) is 52.3 Å². The molecule has 1 atom stereocenters. The van der Waals surface area contributed by atoms with E-state index in [9.17, 15) is 14.3 Å². The Morgan fingerprint density at radius 1 is 1.12 bits per heavy atom. The van der Waals surface area contributed by atoms with Crippen molar-refractivity contribution in [2.24, 2.45) is 0 Å². The number of carbonyl (C=O) groups excluding carboxylic acids is 1. The maximum atomic E-state index is 13.1. The molecule has 1 unspecified atom stereocenters. The third-order valence-corrected chi connectivity index (χ3v) is 5.28. The summed E-state index contributed by atoms with van der Waals surface area (Å²) in [5.41, 5.74) is -2.31. The topological polar surface area (TPSA) is 61.8 Å². The van der Waals surface area contributed by atoms with Crippen LogP contribution in [-0.4, -0.2) is 38.5 Å². The Morgan fingerprint density at radius 2 is 1.64 bits per heavy atom. The highest BCUT2D eigenvalue weighted by molar-refractivity contribution is 5.72. The van der Waals surface area contributed by atoms with Gasteiger partial charge in [-0.25, -0.2) is 9.18 Å². The maximum Gasteiger partial charge on any atom is 0.413 e. The van der Waals surface area contributed by atoms with Gasteiger partial charge in [0.1, 0.15) is 5.82 Å². The highest BCUT2D eigenvalue weighted by Crippen LogP contribution is 2.50. The zero-order chi connectivity index (χ0) is 18.7. The fraction of sp³-hybridized carbons (Fsp3) is 0.632. The number of rotatable bonds is 2. The maximum absolute atomic E-state index is 13.1. The van der Waals surface area contributed by atoms with E-state index in [1.54, 1.807) is 19.1 Å². The SMILES string of the molecule is CC1(C)CC2(CC(C)(C)N1)OC(=O)N(Cc1ccc(F)cc1)C2(C)O. The summed E-state index contributed by atoms with van der Waals surface area (Å²) < 4.78 is 18.9. The predicted octanol–water partition coefficient (Wildman–Crippen LogP) is 3.17. The summed E-state index contributed by atoms with van der Waals surface area (Å²) in [5.74, 6) is -0.335. The molecular formula is C19H27FN2O3. The van der Waals surface area contributed by atoms with Crippen LogP contribution in [0.5, 0.6) is 0 Å². The van der Waals surface area contributed by atoms with Crippen LogP contribution in [0.2, 0.25) is 0 Å². The van der Waals surface area contributed by atoms with Crippen molar-refractivity contribution in [1.82, 2.24) is 10.2 Å². The molecule has 1 aromatic carbocycles. The first kappa shape index (κ1) is 18.1. The molecule has 1 amide bonds. The van der Waals surface area contributed by atoms with Crippen molar-refractivity contribution in [2.75, 3.05) is 0 Å². The van der Waals surface area contributed by atoms with E-state index in [1.165, 1.54) is 17.0 Å². The molecule has 25 heavy (non-hydrogen) atoms. The van der Waals surface area contributed by atoms with Crippen LogP contribution in [0, 0.1) is 5.82 Å². The number of benzene rings is 1. The lowest BCUT2D eigenvalue weighted by atomic mass is 9.68. The summed E-state index contributed by atoms with van der Waals surface area (Å²) >= 11 is 0. The summed E-state index contributed by atoms with van der Waals surface area (Å²) in [5, 5.41) is 14.9. The Hall–Kier alpha value is -1.66. The molecule has 2 aliphatic heterocycles. The zero-order valence-corrected chi connectivity index (χ0v) is 15.5. The summed E-state index contributed by atoms with van der Waals surface area (Å²) in [6, 6.07) is 5.91. The molecule has 2 fully saturated rings. The predicted molar refractivity (Wildman–Crippen MR) is 92.3 cm³/mol. The molecule has 2 saturated heterocycles. The minimum absolute atomic E-state index is 0.169. The number of amides is 1. The van der Waals surface area contributed by atoms with Crippen LogP contribution < -0.4 is 5.32 Å². The second kappa shape index (κ2) is 5.42. The highest BCUT2D eigenvalue weighted by atomic mass is 19.1. The van der Waals surface area contributed by atoms with Gasteiger partial charge < -0.3 is 15.2 Å². The monoisotopic (exact) mass is 350 g/mol. The van der Waals surface area contributed by atoms with Crippen molar-refractivity contribution in [1.29, 1.82) is 0 Å². The van der Waals surface area contributed by atoms with E-state index in [0.29, 0.717) is 12.8 Å². The van der Waals surface area contributed by atoms with E-state index in [1.807, 2.05) is 27.7 Å². The van der Waals surface area contributed by atoms with E-state index in [-0.39, 0.29) is 23.4 Å². The van der Waals surface area contributed by atoms with Gasteiger partial charge in [-0.3, -0.25) is 4.90 Å². The van der Waals surface area contributed by atoms with Gasteiger partial charge in [-0.15, -0.1) is 0 Å². The first-order valence-corrected chi connectivity index (χ1v) is 8.63. The average molecular weight is 350 g/mol. The van der Waals surface area contributed by atoms with Crippen LogP contribution >= 0.6 is 0 Å². The number of aliphatic hydroxyl groups is 1. The van der Waals surface area contributed by atoms with Gasteiger partial charge >= 0.3 is 6.09 Å². The number of piperidine rings is 1. The molecule has 0 saturated carbocycles. The van der Waals surface area contributed by atoms with Crippen molar-refractivity contribution in [3.8, 4) is 0 Å². The molecule has 0 radical (unpaired) electrons. The number of ether oxygens (including phenoxy) is 1. The lowest BCUT2D eigenvalue weighted by molar-refractivity contribution is -0.182. The van der Waals surface area contributed by atoms with Gasteiger partial charge in [-0.1, -0.05) is 12.1 Å². The summed E-state index contributed by atoms with van der Waals surface area (Å²) in [4.78, 5) is 14.0. The van der Waals surface area contributed by atoms with Crippen LogP contribution in [-0.2, 0) is 11.3 Å². The lowest BCUT2D eigenvalue weighted by Gasteiger charge is -2.54. The number of nitrogens with one attached hydrogen (secondary N) is 1. The van der Waals surface area contributed by atoms with Gasteiger partial charge in [0.15, 0.2) is 11.3 Å². The molecule has 2 N–H and O–H groups in total. The standard InChI is InChI=1S/C19H27FN2O3/c1-16(2)11-19(12-17(3,4)21-16)18(5,24)22(15(23)25-19)10-13-6-8-14(20)9-7-13/h6-9,21,24H,10-12H2,1-5H3. The lowest BCUT2D eigenvalue weighted by Crippen LogP contribution is -2.70. The van der Waals surface area contributed by atoms with Crippen LogP contribution in [0.25, 0.3) is 0 Å². The molecule has 1 aromatic rings. The third kappa shape index (κ3) is 3.13. The Bertz CT molecular complexity index is 666. The van der Waals surface area contributed by atoms with Gasteiger partial charge in [0.05, 0.1) is 6.54 Å². The molecule has 0 bridgehead atoms. The molecule has 138 valence electrons. The quantitative estimate of drug-likeness (QED) is 0.860. The Balaban J connectivity index is 1.93. The van der Waals surface area contributed by atoms with E-state index < -0.39 is 17.4 Å². The van der Waals surface area contributed by atoms with E-state index in [0.717, 1.165) is 5.56 Å². The first-order valence-electron chi connectivity index (χ1n) is 8.63. The van der Waals surface area contributed by atoms with Crippen LogP contribution in [0.4, 0.5) is 9.18 Å². The highest BCUT2D eigenvalue weighted by Gasteiger charge is 2.66. The third-order valence-electron chi connectivity index (χ3n) is 5.28. The van der Waals surface area contributed by atoms with E-state index >= 15 is 0 Å². The van der Waals surface area contributed by atoms with E-state index in [4.69, 9.17) is 4.74 Å². The second-order valence-corrected chi connectivity index (χ2v) is 8.84. The molecule has 2 aliphatic rings. The van der Waals surface area contributed by atoms with Gasteiger partial charge in [0.2, 0.25) is 0 Å². The first-order chi connectivity index (χ1) is 11.4. The molecule has 1 spiro atoms. The Morgan fingerprint density at radius 3 is 2.16 bits per heavy atom. The van der Waals surface area contributed by atoms with Crippen molar-refractivity contribution >= 4 is 6.09 Å². The van der Waals surface area contributed by atoms with Crippen LogP contribution in [0.1, 0.15) is 53.0 Å². The average Bonchev–Trinajstić information content (AvgIpc) is 2.57. The van der Waals surface area contributed by atoms with Gasteiger partial charge in [0, 0.05) is 23.9 Å². The molecule has 0 aromatic heterocycles. The molecule has 2 heterocycles. The zero-order valence-electron chi connectivity index (χ0n) is 15.5. The molecule has 3 rings (SSSR count). The molecule has 0 aliphatic carbocycles. The van der Waals surface area contributed by atoms with Crippen molar-refractivity contribution in [2.45, 2.75) is 76.4 Å². The normalized spacial score (nSPS) is 29.7. The Kier molecular flexibility index (Phi) is 3.93. The number of halogens is 1. The molecule has 5 nitrogen and oxygen atoms in total. The van der Waals surface area contributed by atoms with Gasteiger partial charge in [0.25, 0.3) is 0 Å². The smallest absolute Gasteiger partial charge is 0.413 e. The molecule has 6 heteroatoms. The summed E-state index contributed by atoms with van der Waals surface area (Å²) in [6.45, 7) is 9.98. The van der Waals surface area contributed by atoms with Crippen LogP contribution in [0.3, 0.4) is 0 Å². The summed E-state index contributed by atoms with van der Waals surface area (Å²) in [7, 11) is 0. The Labute approximate surface area is 148 Å². The fourth-order valence-corrected chi connectivity index (χ4v) is 4.64. The van der Waals surface area contributed by atoms with Crippen molar-refractivity contribution < 1.29 is 19.0 Å². The molecular weight excluding hydrogens is 323 g/mol. The van der Waals surface area contributed by atoms with E-state index in [2.05, 4.69) is 5.32 Å². The minimum Gasteiger partial charge on any atom is -0.437 e. The second-order valence-electron chi connectivity index (χ2n) is 8.84. The number of hydrogen-bond donors (Lipinski definition) is 2. The number of nitrogens with zero attached hydrogens (tertiary/aromatic N) is 1. The van der Waals surface area contributed by atoms with Gasteiger partial charge in [-0.2, -0.15) is 0 Å². The largest absolute Gasteiger partial charge is 0.437 e. The number of carbonyl (C=O) groups is 1. The fourth-order valence-electron chi connectivity index (χ4n) is 4.64.